The van der Waals surface area contributed by atoms with Gasteiger partial charge in [0.2, 0.25) is 0 Å². The summed E-state index contributed by atoms with van der Waals surface area (Å²) in [6, 6.07) is 10.3. The summed E-state index contributed by atoms with van der Waals surface area (Å²) in [6.45, 7) is 0. The van der Waals surface area contributed by atoms with Gasteiger partial charge in [0.25, 0.3) is 0 Å². The van der Waals surface area contributed by atoms with Gasteiger partial charge in [0.1, 0.15) is 0 Å². The second kappa shape index (κ2) is 6.90. The minimum atomic E-state index is 0.856. The zero-order chi connectivity index (χ0) is 12.5. The van der Waals surface area contributed by atoms with E-state index < -0.39 is 0 Å². The number of H-pyrrole nitrogens is 1. The van der Waals surface area contributed by atoms with Gasteiger partial charge in [0.15, 0.2) is 0 Å². The third kappa shape index (κ3) is 4.13. The number of nitrogens with zero attached hydrogens (tertiary/aromatic N) is 4. The van der Waals surface area contributed by atoms with E-state index in [0.29, 0.717) is 0 Å². The lowest BCUT2D eigenvalue weighted by Gasteiger charge is -1.98. The molecule has 2 aromatic heterocycles. The monoisotopic (exact) mass is 239 g/mol. The standard InChI is InChI=1S/C11H10N2.C2H3N3/c1-2-4-10(5-3-1)8-11-9-12-6-7-13-11;1-2-4-5-3-1/h1-7,9H,8H2;1-2H,(H,3,4,5). The van der Waals surface area contributed by atoms with Crippen LogP contribution in [0.1, 0.15) is 11.3 Å². The zero-order valence-corrected chi connectivity index (χ0v) is 9.77. The highest BCUT2D eigenvalue weighted by molar-refractivity contribution is 5.19. The largest absolute Gasteiger partial charge is 0.266 e. The van der Waals surface area contributed by atoms with Gasteiger partial charge in [-0.1, -0.05) is 35.5 Å². The first-order valence-electron chi connectivity index (χ1n) is 5.54. The number of nitrogens with one attached hydrogen (secondary N) is 1. The zero-order valence-electron chi connectivity index (χ0n) is 9.77. The van der Waals surface area contributed by atoms with Gasteiger partial charge >= 0.3 is 0 Å². The molecule has 0 atom stereocenters. The molecule has 0 saturated heterocycles. The van der Waals surface area contributed by atoms with Crippen molar-refractivity contribution in [3.8, 4) is 0 Å². The third-order valence-corrected chi connectivity index (χ3v) is 2.18. The normalized spacial score (nSPS) is 9.33. The predicted molar refractivity (Wildman–Crippen MR) is 67.7 cm³/mol. The lowest BCUT2D eigenvalue weighted by Crippen LogP contribution is -1.91. The molecule has 3 rings (SSSR count). The molecule has 18 heavy (non-hydrogen) atoms. The molecule has 0 aliphatic heterocycles. The molecule has 2 heterocycles. The van der Waals surface area contributed by atoms with E-state index in [0.717, 1.165) is 12.1 Å². The van der Waals surface area contributed by atoms with Crippen LogP contribution in [0.25, 0.3) is 0 Å². The molecule has 0 amide bonds. The van der Waals surface area contributed by atoms with Crippen molar-refractivity contribution in [1.82, 2.24) is 25.4 Å². The molecule has 5 nitrogen and oxygen atoms in total. The number of aromatic nitrogens is 5. The molecule has 3 aromatic rings. The van der Waals surface area contributed by atoms with Crippen LogP contribution in [-0.4, -0.2) is 25.4 Å². The predicted octanol–water partition coefficient (Wildman–Crippen LogP) is 1.87. The average molecular weight is 239 g/mol. The summed E-state index contributed by atoms with van der Waals surface area (Å²) in [4.78, 5) is 8.23. The minimum Gasteiger partial charge on any atom is -0.266 e. The average Bonchev–Trinajstić information content (AvgIpc) is 3.00. The Labute approximate surface area is 105 Å². The fraction of sp³-hybridized carbons (Fsp3) is 0.0769. The van der Waals surface area contributed by atoms with Crippen molar-refractivity contribution < 1.29 is 0 Å². The quantitative estimate of drug-likeness (QED) is 0.741. The first-order valence-corrected chi connectivity index (χ1v) is 5.54. The van der Waals surface area contributed by atoms with Crippen LogP contribution in [0.4, 0.5) is 0 Å². The highest BCUT2D eigenvalue weighted by Crippen LogP contribution is 2.04. The Morgan fingerprint density at radius 1 is 1.00 bits per heavy atom. The number of hydrogen-bond acceptors (Lipinski definition) is 4. The van der Waals surface area contributed by atoms with Gasteiger partial charge in [-0.2, -0.15) is 0 Å². The molecule has 0 fully saturated rings. The molecule has 0 aliphatic carbocycles. The number of rotatable bonds is 2. The molecule has 5 heteroatoms. The molecule has 0 unspecified atom stereocenters. The number of aromatic amines is 1. The summed E-state index contributed by atoms with van der Waals surface area (Å²) in [6.07, 6.45) is 9.30. The molecule has 1 aromatic carbocycles. The van der Waals surface area contributed by atoms with E-state index in [1.54, 1.807) is 31.0 Å². The fourth-order valence-electron chi connectivity index (χ4n) is 1.39. The Balaban J connectivity index is 0.000000202. The van der Waals surface area contributed by atoms with Crippen molar-refractivity contribution in [2.45, 2.75) is 6.42 Å². The van der Waals surface area contributed by atoms with Gasteiger partial charge in [-0.3, -0.25) is 15.1 Å². The van der Waals surface area contributed by atoms with Crippen LogP contribution in [0.5, 0.6) is 0 Å². The van der Waals surface area contributed by atoms with E-state index >= 15 is 0 Å². The molecule has 1 N–H and O–H groups in total. The molecule has 0 radical (unpaired) electrons. The Morgan fingerprint density at radius 3 is 2.44 bits per heavy atom. The van der Waals surface area contributed by atoms with Gasteiger partial charge in [-0.25, -0.2) is 0 Å². The second-order valence-electron chi connectivity index (χ2n) is 3.52. The highest BCUT2D eigenvalue weighted by atomic mass is 15.3. The Kier molecular flexibility index (Phi) is 4.57. The van der Waals surface area contributed by atoms with Crippen LogP contribution >= 0.6 is 0 Å². The SMILES string of the molecule is c1c[nH]nn1.c1ccc(Cc2cnccn2)cc1. The van der Waals surface area contributed by atoms with Gasteiger partial charge in [0.05, 0.1) is 11.9 Å². The van der Waals surface area contributed by atoms with E-state index in [9.17, 15) is 0 Å². The van der Waals surface area contributed by atoms with Crippen molar-refractivity contribution >= 4 is 0 Å². The maximum atomic E-state index is 4.21. The maximum absolute atomic E-state index is 4.21. The number of benzene rings is 1. The van der Waals surface area contributed by atoms with Crippen molar-refractivity contribution in [3.05, 3.63) is 72.6 Å². The summed E-state index contributed by atoms with van der Waals surface area (Å²) in [7, 11) is 0. The third-order valence-electron chi connectivity index (χ3n) is 2.18. The first kappa shape index (κ1) is 11.9. The smallest absolute Gasteiger partial charge is 0.0690 e. The van der Waals surface area contributed by atoms with Crippen LogP contribution in [-0.2, 0) is 6.42 Å². The Bertz CT molecular complexity index is 467. The molecule has 0 spiro atoms. The lowest BCUT2D eigenvalue weighted by molar-refractivity contribution is 0.940. The topological polar surface area (TPSA) is 67.3 Å². The minimum absolute atomic E-state index is 0.856. The molecule has 0 bridgehead atoms. The molecule has 0 saturated carbocycles. The lowest BCUT2D eigenvalue weighted by atomic mass is 10.1. The first-order chi connectivity index (χ1) is 8.95. The summed E-state index contributed by atoms with van der Waals surface area (Å²) in [5.74, 6) is 0. The van der Waals surface area contributed by atoms with E-state index in [-0.39, 0.29) is 0 Å². The van der Waals surface area contributed by atoms with Crippen molar-refractivity contribution in [3.63, 3.8) is 0 Å². The summed E-state index contributed by atoms with van der Waals surface area (Å²) in [5.41, 5.74) is 2.27. The van der Waals surface area contributed by atoms with Crippen molar-refractivity contribution in [2.24, 2.45) is 0 Å². The van der Waals surface area contributed by atoms with Gasteiger partial charge < -0.3 is 0 Å². The summed E-state index contributed by atoms with van der Waals surface area (Å²) < 4.78 is 0. The maximum Gasteiger partial charge on any atom is 0.0690 e. The van der Waals surface area contributed by atoms with Gasteiger partial charge in [0, 0.05) is 31.2 Å². The second-order valence-corrected chi connectivity index (χ2v) is 3.52. The van der Waals surface area contributed by atoms with Crippen LogP contribution in [0, 0.1) is 0 Å². The van der Waals surface area contributed by atoms with E-state index in [1.807, 2.05) is 18.2 Å². The highest BCUT2D eigenvalue weighted by Gasteiger charge is 1.94. The summed E-state index contributed by atoms with van der Waals surface area (Å²) >= 11 is 0. The Hall–Kier alpha value is -2.56. The van der Waals surface area contributed by atoms with E-state index in [4.69, 9.17) is 0 Å². The number of hydrogen-bond donors (Lipinski definition) is 1. The van der Waals surface area contributed by atoms with Crippen molar-refractivity contribution in [2.75, 3.05) is 0 Å². The van der Waals surface area contributed by atoms with Crippen LogP contribution in [0.2, 0.25) is 0 Å². The van der Waals surface area contributed by atoms with Gasteiger partial charge in [-0.15, -0.1) is 5.10 Å². The van der Waals surface area contributed by atoms with Crippen LogP contribution < -0.4 is 0 Å². The molecular weight excluding hydrogens is 226 g/mol. The van der Waals surface area contributed by atoms with Gasteiger partial charge in [-0.05, 0) is 5.56 Å². The molecular formula is C13H13N5. The van der Waals surface area contributed by atoms with Crippen molar-refractivity contribution in [1.29, 1.82) is 0 Å². The van der Waals surface area contributed by atoms with E-state index in [1.165, 1.54) is 5.56 Å². The Morgan fingerprint density at radius 2 is 1.89 bits per heavy atom. The van der Waals surface area contributed by atoms with Crippen LogP contribution in [0.15, 0.2) is 61.3 Å². The fourth-order valence-corrected chi connectivity index (χ4v) is 1.39. The van der Waals surface area contributed by atoms with E-state index in [2.05, 4.69) is 37.5 Å². The summed E-state index contributed by atoms with van der Waals surface area (Å²) in [5, 5.41) is 9.26. The molecule has 90 valence electrons. The molecule has 0 aliphatic rings. The van der Waals surface area contributed by atoms with Crippen LogP contribution in [0.3, 0.4) is 0 Å².